The number of nitrogen functional groups attached to an aromatic ring is 1. The summed E-state index contributed by atoms with van der Waals surface area (Å²) >= 11 is 0. The molecule has 0 radical (unpaired) electrons. The lowest BCUT2D eigenvalue weighted by molar-refractivity contribution is 0.0953. The fraction of sp³-hybridized carbons (Fsp3) is 0.0714. The number of benzene rings is 2. The molecule has 0 bridgehead atoms. The number of nitrogens with one attached hydrogen (secondary N) is 1. The Morgan fingerprint density at radius 1 is 1.21 bits per heavy atom. The zero-order chi connectivity index (χ0) is 13.7. The summed E-state index contributed by atoms with van der Waals surface area (Å²) in [5.74, 6) is 4.80. The van der Waals surface area contributed by atoms with Crippen molar-refractivity contribution in [2.75, 3.05) is 0 Å². The second-order valence-corrected chi connectivity index (χ2v) is 3.88. The van der Waals surface area contributed by atoms with Crippen molar-refractivity contribution in [2.24, 2.45) is 5.84 Å². The molecule has 0 saturated heterocycles. The van der Waals surface area contributed by atoms with Gasteiger partial charge in [-0.3, -0.25) is 10.2 Å². The topological polar surface area (TPSA) is 64.3 Å². The Balaban J connectivity index is 2.08. The Hall–Kier alpha value is -2.40. The van der Waals surface area contributed by atoms with Crippen LogP contribution in [-0.2, 0) is 6.61 Å². The summed E-state index contributed by atoms with van der Waals surface area (Å²) < 4.78 is 18.8. The summed E-state index contributed by atoms with van der Waals surface area (Å²) in [7, 11) is 0. The van der Waals surface area contributed by atoms with Crippen molar-refractivity contribution in [3.63, 3.8) is 0 Å². The fourth-order valence-corrected chi connectivity index (χ4v) is 1.59. The number of halogens is 1. The van der Waals surface area contributed by atoms with E-state index in [2.05, 4.69) is 0 Å². The number of amides is 1. The van der Waals surface area contributed by atoms with Crippen molar-refractivity contribution < 1.29 is 13.9 Å². The maximum absolute atomic E-state index is 13.4. The van der Waals surface area contributed by atoms with Gasteiger partial charge in [-0.05, 0) is 24.3 Å². The fourth-order valence-electron chi connectivity index (χ4n) is 1.59. The van der Waals surface area contributed by atoms with Crippen LogP contribution in [0.2, 0.25) is 0 Å². The van der Waals surface area contributed by atoms with Crippen LogP contribution in [0.5, 0.6) is 5.75 Å². The number of hydrazine groups is 1. The quantitative estimate of drug-likeness (QED) is 0.502. The first kappa shape index (κ1) is 13.0. The molecule has 5 heteroatoms. The van der Waals surface area contributed by atoms with E-state index >= 15 is 0 Å². The maximum Gasteiger partial charge on any atom is 0.265 e. The first-order valence-corrected chi connectivity index (χ1v) is 5.68. The van der Waals surface area contributed by atoms with Gasteiger partial charge in [0, 0.05) is 11.1 Å². The molecule has 0 heterocycles. The van der Waals surface area contributed by atoms with Gasteiger partial charge in [0.25, 0.3) is 5.91 Å². The Morgan fingerprint density at radius 3 is 2.74 bits per heavy atom. The average molecular weight is 260 g/mol. The summed E-state index contributed by atoms with van der Waals surface area (Å²) in [6, 6.07) is 12.9. The van der Waals surface area contributed by atoms with E-state index in [-0.39, 0.29) is 12.4 Å². The number of ether oxygens (including phenoxy) is 1. The third kappa shape index (κ3) is 3.29. The molecule has 0 saturated carbocycles. The van der Waals surface area contributed by atoms with Gasteiger partial charge in [-0.1, -0.05) is 24.3 Å². The van der Waals surface area contributed by atoms with E-state index in [1.54, 1.807) is 42.5 Å². The smallest absolute Gasteiger partial charge is 0.265 e. The van der Waals surface area contributed by atoms with Crippen LogP contribution in [0.3, 0.4) is 0 Å². The van der Waals surface area contributed by atoms with Gasteiger partial charge in [0.05, 0.1) is 0 Å². The average Bonchev–Trinajstić information content (AvgIpc) is 2.46. The minimum atomic E-state index is -0.406. The lowest BCUT2D eigenvalue weighted by atomic mass is 10.2. The van der Waals surface area contributed by atoms with Gasteiger partial charge in [-0.2, -0.15) is 0 Å². The van der Waals surface area contributed by atoms with Crippen molar-refractivity contribution in [3.8, 4) is 5.75 Å². The molecule has 0 spiro atoms. The molecule has 2 rings (SSSR count). The summed E-state index contributed by atoms with van der Waals surface area (Å²) in [6.45, 7) is 0.0976. The van der Waals surface area contributed by atoms with Crippen LogP contribution >= 0.6 is 0 Å². The predicted octanol–water partition coefficient (Wildman–Crippen LogP) is 2.01. The summed E-state index contributed by atoms with van der Waals surface area (Å²) in [4.78, 5) is 11.3. The molecule has 2 aromatic rings. The first-order chi connectivity index (χ1) is 9.20. The zero-order valence-electron chi connectivity index (χ0n) is 10.1. The highest BCUT2D eigenvalue weighted by atomic mass is 19.1. The molecule has 0 fully saturated rings. The van der Waals surface area contributed by atoms with Gasteiger partial charge in [-0.25, -0.2) is 10.2 Å². The standard InChI is InChI=1S/C14H13FN2O2/c15-13-7-2-1-4-11(13)9-19-12-6-3-5-10(8-12)14(18)17-16/h1-8H,9,16H2,(H,17,18). The van der Waals surface area contributed by atoms with Crippen molar-refractivity contribution in [2.45, 2.75) is 6.61 Å². The van der Waals surface area contributed by atoms with Gasteiger partial charge >= 0.3 is 0 Å². The van der Waals surface area contributed by atoms with Gasteiger partial charge in [0.15, 0.2) is 0 Å². The predicted molar refractivity (Wildman–Crippen MR) is 68.8 cm³/mol. The SMILES string of the molecule is NNC(=O)c1cccc(OCc2ccccc2F)c1. The molecule has 2 aromatic carbocycles. The summed E-state index contributed by atoms with van der Waals surface area (Å²) in [5.41, 5.74) is 2.87. The van der Waals surface area contributed by atoms with E-state index in [9.17, 15) is 9.18 Å². The van der Waals surface area contributed by atoms with Crippen LogP contribution in [0.15, 0.2) is 48.5 Å². The number of hydrogen-bond acceptors (Lipinski definition) is 3. The van der Waals surface area contributed by atoms with Crippen LogP contribution in [0.25, 0.3) is 0 Å². The largest absolute Gasteiger partial charge is 0.489 e. The van der Waals surface area contributed by atoms with E-state index in [4.69, 9.17) is 10.6 Å². The van der Waals surface area contributed by atoms with Gasteiger partial charge in [0.2, 0.25) is 0 Å². The van der Waals surface area contributed by atoms with Crippen molar-refractivity contribution in [3.05, 3.63) is 65.5 Å². The first-order valence-electron chi connectivity index (χ1n) is 5.68. The molecule has 0 aliphatic heterocycles. The van der Waals surface area contributed by atoms with Crippen LogP contribution in [0, 0.1) is 5.82 Å². The molecular formula is C14H13FN2O2. The Kier molecular flexibility index (Phi) is 4.10. The highest BCUT2D eigenvalue weighted by Crippen LogP contribution is 2.16. The minimum absolute atomic E-state index is 0.0976. The molecule has 98 valence electrons. The van der Waals surface area contributed by atoms with Crippen LogP contribution in [0.1, 0.15) is 15.9 Å². The van der Waals surface area contributed by atoms with E-state index in [0.29, 0.717) is 16.9 Å². The number of carbonyl (C=O) groups is 1. The summed E-state index contributed by atoms with van der Waals surface area (Å²) in [6.07, 6.45) is 0. The van der Waals surface area contributed by atoms with Crippen LogP contribution in [-0.4, -0.2) is 5.91 Å². The highest BCUT2D eigenvalue weighted by molar-refractivity contribution is 5.94. The second kappa shape index (κ2) is 5.97. The lowest BCUT2D eigenvalue weighted by Gasteiger charge is -2.08. The van der Waals surface area contributed by atoms with E-state index in [0.717, 1.165) is 0 Å². The summed E-state index contributed by atoms with van der Waals surface area (Å²) in [5, 5.41) is 0. The molecule has 0 aromatic heterocycles. The molecule has 4 nitrogen and oxygen atoms in total. The molecular weight excluding hydrogens is 247 g/mol. The van der Waals surface area contributed by atoms with Crippen LogP contribution < -0.4 is 16.0 Å². The Morgan fingerprint density at radius 2 is 2.00 bits per heavy atom. The monoisotopic (exact) mass is 260 g/mol. The normalized spacial score (nSPS) is 10.0. The highest BCUT2D eigenvalue weighted by Gasteiger charge is 2.06. The molecule has 0 aliphatic carbocycles. The third-order valence-corrected chi connectivity index (χ3v) is 2.58. The van der Waals surface area contributed by atoms with E-state index in [1.165, 1.54) is 6.07 Å². The molecule has 0 unspecified atom stereocenters. The van der Waals surface area contributed by atoms with Gasteiger partial charge in [0.1, 0.15) is 18.2 Å². The van der Waals surface area contributed by atoms with E-state index in [1.807, 2.05) is 5.43 Å². The lowest BCUT2D eigenvalue weighted by Crippen LogP contribution is -2.29. The zero-order valence-corrected chi connectivity index (χ0v) is 10.1. The van der Waals surface area contributed by atoms with Crippen molar-refractivity contribution in [1.82, 2.24) is 5.43 Å². The Bertz CT molecular complexity index is 587. The number of nitrogens with two attached hydrogens (primary N) is 1. The Labute approximate surface area is 110 Å². The van der Waals surface area contributed by atoms with E-state index < -0.39 is 5.91 Å². The van der Waals surface area contributed by atoms with Gasteiger partial charge < -0.3 is 4.74 Å². The molecule has 3 N–H and O–H groups in total. The van der Waals surface area contributed by atoms with Crippen molar-refractivity contribution in [1.29, 1.82) is 0 Å². The van der Waals surface area contributed by atoms with Crippen LogP contribution in [0.4, 0.5) is 4.39 Å². The molecule has 19 heavy (non-hydrogen) atoms. The number of carbonyl (C=O) groups excluding carboxylic acids is 1. The van der Waals surface area contributed by atoms with Crippen molar-refractivity contribution >= 4 is 5.91 Å². The molecule has 0 aliphatic rings. The number of rotatable bonds is 4. The second-order valence-electron chi connectivity index (χ2n) is 3.88. The molecule has 0 atom stereocenters. The third-order valence-electron chi connectivity index (χ3n) is 2.58. The maximum atomic E-state index is 13.4. The number of hydrogen-bond donors (Lipinski definition) is 2. The van der Waals surface area contributed by atoms with Gasteiger partial charge in [-0.15, -0.1) is 0 Å². The molecule has 1 amide bonds. The minimum Gasteiger partial charge on any atom is -0.489 e.